The molecule has 7 heteroatoms. The molecule has 0 aromatic heterocycles. The van der Waals surface area contributed by atoms with Crippen LogP contribution < -0.4 is 19.9 Å². The molecule has 0 spiro atoms. The van der Waals surface area contributed by atoms with Gasteiger partial charge in [0.25, 0.3) is 0 Å². The van der Waals surface area contributed by atoms with Crippen LogP contribution in [0, 0.1) is 0 Å². The highest BCUT2D eigenvalue weighted by atomic mass is 19.3. The summed E-state index contributed by atoms with van der Waals surface area (Å²) in [6.07, 6.45) is 0.183. The molecule has 0 bridgehead atoms. The first-order chi connectivity index (χ1) is 15.0. The zero-order valence-electron chi connectivity index (χ0n) is 16.8. The van der Waals surface area contributed by atoms with Crippen molar-refractivity contribution in [1.29, 1.82) is 0 Å². The summed E-state index contributed by atoms with van der Waals surface area (Å²) in [6, 6.07) is 17.9. The van der Waals surface area contributed by atoms with Crippen molar-refractivity contribution in [3.8, 4) is 28.4 Å². The van der Waals surface area contributed by atoms with Crippen LogP contribution in [0.4, 0.5) is 8.78 Å². The van der Waals surface area contributed by atoms with Gasteiger partial charge in [-0.05, 0) is 41.8 Å². The van der Waals surface area contributed by atoms with Gasteiger partial charge in [0.15, 0.2) is 0 Å². The minimum Gasteiger partial charge on any atom is -0.497 e. The van der Waals surface area contributed by atoms with Crippen LogP contribution in [0.5, 0.6) is 17.2 Å². The summed E-state index contributed by atoms with van der Waals surface area (Å²) in [6.45, 7) is -2.96. The largest absolute Gasteiger partial charge is 0.497 e. The summed E-state index contributed by atoms with van der Waals surface area (Å²) in [5, 5.41) is 0. The lowest BCUT2D eigenvalue weighted by Crippen LogP contribution is -2.17. The second-order valence-corrected chi connectivity index (χ2v) is 7.17. The van der Waals surface area contributed by atoms with Gasteiger partial charge in [0.05, 0.1) is 12.7 Å². The maximum atomic E-state index is 13.0. The molecule has 31 heavy (non-hydrogen) atoms. The lowest BCUT2D eigenvalue weighted by atomic mass is 9.87. The standard InChI is InChI=1S/C24H21F2NO4/c1-29-16-5-2-4-15(13-16)23-18-12-14(9-11-21(27)28)8-10-17(18)22-19(30-23)6-3-7-20(22)31-24(25)26/h2-8,10,12-13,23-24H,9,11H2,1H3,(H2,27,28). The molecular formula is C24H21F2NO4. The molecule has 1 unspecified atom stereocenters. The Morgan fingerprint density at radius 2 is 1.94 bits per heavy atom. The summed E-state index contributed by atoms with van der Waals surface area (Å²) >= 11 is 0. The number of ether oxygens (including phenoxy) is 3. The summed E-state index contributed by atoms with van der Waals surface area (Å²) in [5.74, 6) is 0.774. The average molecular weight is 425 g/mol. The van der Waals surface area contributed by atoms with Crippen molar-refractivity contribution in [2.45, 2.75) is 25.6 Å². The molecule has 2 N–H and O–H groups in total. The molecule has 0 aliphatic carbocycles. The lowest BCUT2D eigenvalue weighted by Gasteiger charge is -2.31. The van der Waals surface area contributed by atoms with Gasteiger partial charge in [0, 0.05) is 17.5 Å². The van der Waals surface area contributed by atoms with E-state index in [1.54, 1.807) is 19.2 Å². The molecule has 0 fully saturated rings. The first-order valence-electron chi connectivity index (χ1n) is 9.76. The summed E-state index contributed by atoms with van der Waals surface area (Å²) in [7, 11) is 1.58. The van der Waals surface area contributed by atoms with Crippen LogP contribution >= 0.6 is 0 Å². The molecule has 0 radical (unpaired) electrons. The first-order valence-corrected chi connectivity index (χ1v) is 9.76. The van der Waals surface area contributed by atoms with E-state index in [1.165, 1.54) is 6.07 Å². The predicted molar refractivity (Wildman–Crippen MR) is 111 cm³/mol. The summed E-state index contributed by atoms with van der Waals surface area (Å²) in [4.78, 5) is 11.2. The Morgan fingerprint density at radius 3 is 2.68 bits per heavy atom. The lowest BCUT2D eigenvalue weighted by molar-refractivity contribution is -0.118. The summed E-state index contributed by atoms with van der Waals surface area (Å²) in [5.41, 5.74) is 9.02. The molecule has 0 saturated heterocycles. The van der Waals surface area contributed by atoms with E-state index in [4.69, 9.17) is 19.9 Å². The van der Waals surface area contributed by atoms with Gasteiger partial charge in [-0.1, -0.05) is 36.4 Å². The van der Waals surface area contributed by atoms with Gasteiger partial charge in [-0.15, -0.1) is 0 Å². The highest BCUT2D eigenvalue weighted by Crippen LogP contribution is 2.49. The third-order valence-corrected chi connectivity index (χ3v) is 5.17. The van der Waals surface area contributed by atoms with Crippen LogP contribution in [0.15, 0.2) is 60.7 Å². The number of hydrogen-bond donors (Lipinski definition) is 1. The number of aryl methyl sites for hydroxylation is 1. The molecular weight excluding hydrogens is 404 g/mol. The van der Waals surface area contributed by atoms with Gasteiger partial charge in [0.2, 0.25) is 5.91 Å². The molecule has 1 atom stereocenters. The van der Waals surface area contributed by atoms with Gasteiger partial charge in [-0.2, -0.15) is 8.78 Å². The fraction of sp³-hybridized carbons (Fsp3) is 0.208. The third-order valence-electron chi connectivity index (χ3n) is 5.17. The summed E-state index contributed by atoms with van der Waals surface area (Å²) < 4.78 is 42.4. The monoisotopic (exact) mass is 425 g/mol. The minimum atomic E-state index is -2.96. The van der Waals surface area contributed by atoms with E-state index in [9.17, 15) is 13.6 Å². The molecule has 5 nitrogen and oxygen atoms in total. The molecule has 1 aliphatic rings. The zero-order chi connectivity index (χ0) is 22.0. The number of methoxy groups -OCH3 is 1. The van der Waals surface area contributed by atoms with Crippen molar-refractivity contribution in [3.63, 3.8) is 0 Å². The SMILES string of the molecule is COc1cccc(C2Oc3cccc(OC(F)F)c3-c3ccc(CCC(N)=O)cc32)c1. The zero-order valence-corrected chi connectivity index (χ0v) is 16.8. The Morgan fingerprint density at radius 1 is 1.13 bits per heavy atom. The molecule has 3 aromatic rings. The number of amides is 1. The van der Waals surface area contributed by atoms with Gasteiger partial charge >= 0.3 is 6.61 Å². The number of fused-ring (bicyclic) bond motifs is 3. The Bertz CT molecular complexity index is 1120. The van der Waals surface area contributed by atoms with E-state index in [-0.39, 0.29) is 12.2 Å². The van der Waals surface area contributed by atoms with Crippen LogP contribution in [-0.4, -0.2) is 19.6 Å². The highest BCUT2D eigenvalue weighted by molar-refractivity contribution is 5.82. The maximum absolute atomic E-state index is 13.0. The van der Waals surface area contributed by atoms with E-state index >= 15 is 0 Å². The average Bonchev–Trinajstić information content (AvgIpc) is 2.76. The third kappa shape index (κ3) is 4.30. The van der Waals surface area contributed by atoms with Crippen LogP contribution in [0.25, 0.3) is 11.1 Å². The van der Waals surface area contributed by atoms with Crippen molar-refractivity contribution in [1.82, 2.24) is 0 Å². The molecule has 3 aromatic carbocycles. The number of rotatable bonds is 7. The smallest absolute Gasteiger partial charge is 0.387 e. The van der Waals surface area contributed by atoms with Crippen LogP contribution in [-0.2, 0) is 11.2 Å². The van der Waals surface area contributed by atoms with Crippen molar-refractivity contribution >= 4 is 5.91 Å². The molecule has 1 heterocycles. The second-order valence-electron chi connectivity index (χ2n) is 7.17. The fourth-order valence-electron chi connectivity index (χ4n) is 3.79. The van der Waals surface area contributed by atoms with Crippen molar-refractivity contribution in [3.05, 3.63) is 77.4 Å². The number of hydrogen-bond acceptors (Lipinski definition) is 4. The molecule has 4 rings (SSSR count). The number of carbonyl (C=O) groups is 1. The van der Waals surface area contributed by atoms with E-state index in [1.807, 2.05) is 42.5 Å². The quantitative estimate of drug-likeness (QED) is 0.587. The Labute approximate surface area is 178 Å². The van der Waals surface area contributed by atoms with Crippen molar-refractivity contribution in [2.75, 3.05) is 7.11 Å². The topological polar surface area (TPSA) is 70.8 Å². The highest BCUT2D eigenvalue weighted by Gasteiger charge is 2.31. The van der Waals surface area contributed by atoms with Crippen LogP contribution in [0.1, 0.15) is 29.2 Å². The van der Waals surface area contributed by atoms with E-state index in [0.29, 0.717) is 23.5 Å². The van der Waals surface area contributed by atoms with Gasteiger partial charge < -0.3 is 19.9 Å². The van der Waals surface area contributed by atoms with E-state index in [2.05, 4.69) is 0 Å². The van der Waals surface area contributed by atoms with E-state index in [0.717, 1.165) is 22.3 Å². The first kappa shape index (κ1) is 20.7. The minimum absolute atomic E-state index is 0.0442. The van der Waals surface area contributed by atoms with Crippen molar-refractivity contribution in [2.24, 2.45) is 5.73 Å². The number of primary amides is 1. The van der Waals surface area contributed by atoms with Crippen LogP contribution in [0.3, 0.4) is 0 Å². The Hall–Kier alpha value is -3.61. The molecule has 0 saturated carbocycles. The Kier molecular flexibility index (Phi) is 5.75. The molecule has 1 amide bonds. The van der Waals surface area contributed by atoms with Gasteiger partial charge in [0.1, 0.15) is 23.4 Å². The number of carbonyl (C=O) groups excluding carboxylic acids is 1. The number of benzene rings is 3. The molecule has 160 valence electrons. The second kappa shape index (κ2) is 8.63. The number of halogens is 2. The molecule has 1 aliphatic heterocycles. The predicted octanol–water partition coefficient (Wildman–Crippen LogP) is 4.86. The van der Waals surface area contributed by atoms with Crippen molar-refractivity contribution < 1.29 is 27.8 Å². The van der Waals surface area contributed by atoms with E-state index < -0.39 is 18.6 Å². The fourth-order valence-corrected chi connectivity index (χ4v) is 3.79. The Balaban J connectivity index is 1.86. The van der Waals surface area contributed by atoms with Gasteiger partial charge in [-0.25, -0.2) is 0 Å². The van der Waals surface area contributed by atoms with Gasteiger partial charge in [-0.3, -0.25) is 4.79 Å². The van der Waals surface area contributed by atoms with Crippen LogP contribution in [0.2, 0.25) is 0 Å². The number of nitrogens with two attached hydrogens (primary N) is 1. The maximum Gasteiger partial charge on any atom is 0.387 e. The number of alkyl halides is 2. The normalized spacial score (nSPS) is 14.4.